The molecule has 30 heavy (non-hydrogen) atoms. The zero-order valence-electron chi connectivity index (χ0n) is 18.2. The van der Waals surface area contributed by atoms with E-state index in [1.807, 2.05) is 56.0 Å². The van der Waals surface area contributed by atoms with Gasteiger partial charge in [-0.05, 0) is 45.7 Å². The first-order valence-corrected chi connectivity index (χ1v) is 10.6. The first-order valence-electron chi connectivity index (χ1n) is 10.6. The Bertz CT molecular complexity index is 951. The molecule has 1 aromatic carbocycles. The van der Waals surface area contributed by atoms with Gasteiger partial charge < -0.3 is 15.1 Å². The van der Waals surface area contributed by atoms with E-state index in [0.29, 0.717) is 50.4 Å². The summed E-state index contributed by atoms with van der Waals surface area (Å²) in [5.74, 6) is -0.370. The van der Waals surface area contributed by atoms with Crippen molar-refractivity contribution in [2.75, 3.05) is 31.5 Å². The molecular weight excluding hydrogens is 382 g/mol. The number of nitrogens with one attached hydrogen (secondary N) is 1. The van der Waals surface area contributed by atoms with Crippen molar-refractivity contribution in [2.45, 2.75) is 33.6 Å². The Labute approximate surface area is 177 Å². The quantitative estimate of drug-likeness (QED) is 0.818. The second-order valence-corrected chi connectivity index (χ2v) is 7.64. The van der Waals surface area contributed by atoms with Crippen molar-refractivity contribution in [2.24, 2.45) is 13.0 Å². The van der Waals surface area contributed by atoms with Crippen molar-refractivity contribution in [1.82, 2.24) is 19.2 Å². The molecule has 2 aromatic rings. The van der Waals surface area contributed by atoms with Crippen molar-refractivity contribution < 1.29 is 9.59 Å². The van der Waals surface area contributed by atoms with Gasteiger partial charge in [0.25, 0.3) is 5.56 Å². The number of amides is 3. The SMILES string of the molecule is CCN(CC)C(=O)N1CCC(C(=O)Nc2c(C)n(C)n(-c3ccccc3)c2=O)CC1. The van der Waals surface area contributed by atoms with E-state index in [0.717, 1.165) is 5.69 Å². The fourth-order valence-corrected chi connectivity index (χ4v) is 3.96. The standard InChI is InChI=1S/C22H31N5O3/c1-5-25(6-2)22(30)26-14-12-17(13-15-26)20(28)23-19-16(3)24(4)27(21(19)29)18-10-8-7-9-11-18/h7-11,17H,5-6,12-15H2,1-4H3,(H,23,28). The molecule has 1 fully saturated rings. The molecule has 0 saturated carbocycles. The summed E-state index contributed by atoms with van der Waals surface area (Å²) in [5, 5.41) is 2.86. The molecule has 8 nitrogen and oxygen atoms in total. The highest BCUT2D eigenvalue weighted by Gasteiger charge is 2.30. The smallest absolute Gasteiger partial charge is 0.319 e. The molecule has 8 heteroatoms. The van der Waals surface area contributed by atoms with E-state index < -0.39 is 0 Å². The number of hydrogen-bond acceptors (Lipinski definition) is 3. The lowest BCUT2D eigenvalue weighted by molar-refractivity contribution is -0.121. The Morgan fingerprint density at radius 1 is 1.10 bits per heavy atom. The van der Waals surface area contributed by atoms with Crippen molar-refractivity contribution in [3.63, 3.8) is 0 Å². The van der Waals surface area contributed by atoms with Gasteiger partial charge in [-0.2, -0.15) is 0 Å². The third-order valence-corrected chi connectivity index (χ3v) is 5.97. The maximum atomic E-state index is 13.0. The van der Waals surface area contributed by atoms with E-state index in [-0.39, 0.29) is 23.4 Å². The topological polar surface area (TPSA) is 79.6 Å². The number of urea groups is 1. The van der Waals surface area contributed by atoms with Crippen LogP contribution in [0.25, 0.3) is 5.69 Å². The Morgan fingerprint density at radius 2 is 1.70 bits per heavy atom. The first-order chi connectivity index (χ1) is 14.4. The number of anilines is 1. The minimum absolute atomic E-state index is 0.0310. The lowest BCUT2D eigenvalue weighted by Crippen LogP contribution is -2.47. The van der Waals surface area contributed by atoms with E-state index in [1.165, 1.54) is 0 Å². The number of aromatic nitrogens is 2. The molecule has 3 rings (SSSR count). The summed E-state index contributed by atoms with van der Waals surface area (Å²) in [6, 6.07) is 9.38. The largest absolute Gasteiger partial charge is 0.325 e. The first kappa shape index (κ1) is 21.7. The lowest BCUT2D eigenvalue weighted by atomic mass is 9.96. The van der Waals surface area contributed by atoms with Gasteiger partial charge in [0.1, 0.15) is 5.69 Å². The molecule has 0 radical (unpaired) electrons. The van der Waals surface area contributed by atoms with Gasteiger partial charge in [-0.3, -0.25) is 14.3 Å². The van der Waals surface area contributed by atoms with Crippen LogP contribution in [0.3, 0.4) is 0 Å². The number of likely N-dealkylation sites (tertiary alicyclic amines) is 1. The van der Waals surface area contributed by atoms with E-state index >= 15 is 0 Å². The zero-order chi connectivity index (χ0) is 21.8. The molecule has 162 valence electrons. The van der Waals surface area contributed by atoms with Crippen LogP contribution in [0.4, 0.5) is 10.5 Å². The highest BCUT2D eigenvalue weighted by atomic mass is 16.2. The number of para-hydroxylation sites is 1. The van der Waals surface area contributed by atoms with Crippen LogP contribution in [-0.2, 0) is 11.8 Å². The highest BCUT2D eigenvalue weighted by molar-refractivity contribution is 5.93. The van der Waals surface area contributed by atoms with Gasteiger partial charge in [0.05, 0.1) is 11.4 Å². The summed E-state index contributed by atoms with van der Waals surface area (Å²) >= 11 is 0. The molecule has 0 unspecified atom stereocenters. The number of benzene rings is 1. The third kappa shape index (κ3) is 4.13. The second kappa shape index (κ2) is 9.19. The summed E-state index contributed by atoms with van der Waals surface area (Å²) in [6.07, 6.45) is 1.19. The molecule has 1 aliphatic rings. The molecule has 1 aliphatic heterocycles. The molecule has 0 bridgehead atoms. The van der Waals surface area contributed by atoms with Crippen LogP contribution in [0, 0.1) is 12.8 Å². The molecule has 2 heterocycles. The fourth-order valence-electron chi connectivity index (χ4n) is 3.96. The summed E-state index contributed by atoms with van der Waals surface area (Å²) in [5.41, 5.74) is 1.51. The van der Waals surface area contributed by atoms with Crippen molar-refractivity contribution in [1.29, 1.82) is 0 Å². The number of piperidine rings is 1. The number of carbonyl (C=O) groups excluding carboxylic acids is 2. The van der Waals surface area contributed by atoms with Crippen LogP contribution >= 0.6 is 0 Å². The van der Waals surface area contributed by atoms with Gasteiger partial charge in [-0.1, -0.05) is 18.2 Å². The van der Waals surface area contributed by atoms with Crippen LogP contribution in [0.15, 0.2) is 35.1 Å². The number of rotatable bonds is 5. The Balaban J connectivity index is 1.69. The van der Waals surface area contributed by atoms with Crippen LogP contribution in [0.2, 0.25) is 0 Å². The molecular formula is C22H31N5O3. The highest BCUT2D eigenvalue weighted by Crippen LogP contribution is 2.21. The third-order valence-electron chi connectivity index (χ3n) is 5.97. The van der Waals surface area contributed by atoms with Gasteiger partial charge in [-0.15, -0.1) is 0 Å². The molecule has 1 N–H and O–H groups in total. The Kier molecular flexibility index (Phi) is 6.64. The number of hydrogen-bond donors (Lipinski definition) is 1. The zero-order valence-corrected chi connectivity index (χ0v) is 18.2. The Hall–Kier alpha value is -3.03. The molecule has 3 amide bonds. The van der Waals surface area contributed by atoms with E-state index in [4.69, 9.17) is 0 Å². The normalized spacial score (nSPS) is 14.6. The molecule has 1 aromatic heterocycles. The van der Waals surface area contributed by atoms with Crippen molar-refractivity contribution in [3.05, 3.63) is 46.4 Å². The van der Waals surface area contributed by atoms with Gasteiger partial charge in [-0.25, -0.2) is 9.48 Å². The summed E-state index contributed by atoms with van der Waals surface area (Å²) in [7, 11) is 1.80. The predicted molar refractivity (Wildman–Crippen MR) is 117 cm³/mol. The lowest BCUT2D eigenvalue weighted by Gasteiger charge is -2.34. The minimum Gasteiger partial charge on any atom is -0.325 e. The number of nitrogens with zero attached hydrogens (tertiary/aromatic N) is 4. The maximum Gasteiger partial charge on any atom is 0.319 e. The van der Waals surface area contributed by atoms with Crippen LogP contribution < -0.4 is 10.9 Å². The predicted octanol–water partition coefficient (Wildman–Crippen LogP) is 2.60. The van der Waals surface area contributed by atoms with Gasteiger partial charge in [0, 0.05) is 39.1 Å². The maximum absolute atomic E-state index is 13.0. The fraction of sp³-hybridized carbons (Fsp3) is 0.500. The van der Waals surface area contributed by atoms with Crippen LogP contribution in [0.1, 0.15) is 32.4 Å². The van der Waals surface area contributed by atoms with E-state index in [9.17, 15) is 14.4 Å². The summed E-state index contributed by atoms with van der Waals surface area (Å²) < 4.78 is 3.30. The van der Waals surface area contributed by atoms with Crippen molar-refractivity contribution >= 4 is 17.6 Å². The molecule has 0 spiro atoms. The van der Waals surface area contributed by atoms with Crippen LogP contribution in [0.5, 0.6) is 0 Å². The Morgan fingerprint density at radius 3 is 2.27 bits per heavy atom. The van der Waals surface area contributed by atoms with Gasteiger partial charge in [0.15, 0.2) is 0 Å². The molecule has 1 saturated heterocycles. The molecule has 0 aliphatic carbocycles. The number of carbonyl (C=O) groups is 2. The monoisotopic (exact) mass is 413 g/mol. The van der Waals surface area contributed by atoms with Crippen LogP contribution in [-0.4, -0.2) is 57.3 Å². The van der Waals surface area contributed by atoms with Gasteiger partial charge >= 0.3 is 6.03 Å². The second-order valence-electron chi connectivity index (χ2n) is 7.64. The van der Waals surface area contributed by atoms with Gasteiger partial charge in [0.2, 0.25) is 5.91 Å². The average molecular weight is 414 g/mol. The summed E-state index contributed by atoms with van der Waals surface area (Å²) in [4.78, 5) is 42.0. The average Bonchev–Trinajstić information content (AvgIpc) is 2.98. The van der Waals surface area contributed by atoms with E-state index in [1.54, 1.807) is 21.3 Å². The summed E-state index contributed by atoms with van der Waals surface area (Å²) in [6.45, 7) is 8.21. The minimum atomic E-state index is -0.247. The molecule has 0 atom stereocenters. The van der Waals surface area contributed by atoms with Crippen molar-refractivity contribution in [3.8, 4) is 5.69 Å². The van der Waals surface area contributed by atoms with E-state index in [2.05, 4.69) is 5.32 Å².